The lowest BCUT2D eigenvalue weighted by Crippen LogP contribution is -2.42. The van der Waals surface area contributed by atoms with Gasteiger partial charge < -0.3 is 10.1 Å². The van der Waals surface area contributed by atoms with Gasteiger partial charge in [0.25, 0.3) is 0 Å². The highest BCUT2D eigenvalue weighted by Crippen LogP contribution is 2.39. The molecule has 96 valence electrons. The van der Waals surface area contributed by atoms with Gasteiger partial charge in [0.15, 0.2) is 0 Å². The topological polar surface area (TPSA) is 21.3 Å². The first-order valence-corrected chi connectivity index (χ1v) is 6.83. The number of para-hydroxylation sites is 1. The van der Waals surface area contributed by atoms with E-state index in [0.29, 0.717) is 12.1 Å². The molecule has 1 aliphatic heterocycles. The molecule has 1 N–H and O–H groups in total. The van der Waals surface area contributed by atoms with Gasteiger partial charge in [0, 0.05) is 24.1 Å². The fourth-order valence-electron chi connectivity index (χ4n) is 2.99. The molecule has 0 amide bonds. The number of ether oxygens (including phenoxy) is 1. The molecule has 0 saturated heterocycles. The number of nitrogens with one attached hydrogen (secondary N) is 1. The lowest BCUT2D eigenvalue weighted by atomic mass is 9.89. The van der Waals surface area contributed by atoms with Gasteiger partial charge in [-0.2, -0.15) is 0 Å². The molecule has 0 aromatic heterocycles. The predicted molar refractivity (Wildman–Crippen MR) is 73.8 cm³/mol. The zero-order chi connectivity index (χ0) is 12.6. The Morgan fingerprint density at radius 3 is 2.67 bits per heavy atom. The maximum Gasteiger partial charge on any atom is 0.124 e. The van der Waals surface area contributed by atoms with Crippen molar-refractivity contribution in [1.29, 1.82) is 0 Å². The molecule has 0 radical (unpaired) electrons. The average Bonchev–Trinajstić information content (AvgIpc) is 2.80. The first-order valence-electron chi connectivity index (χ1n) is 6.83. The lowest BCUT2D eigenvalue weighted by Gasteiger charge is -2.39. The van der Waals surface area contributed by atoms with E-state index in [0.717, 1.165) is 25.0 Å². The van der Waals surface area contributed by atoms with E-state index in [1.54, 1.807) is 0 Å². The molecule has 2 nitrogen and oxygen atoms in total. The second kappa shape index (κ2) is 4.43. The quantitative estimate of drug-likeness (QED) is 0.801. The third-order valence-corrected chi connectivity index (χ3v) is 3.82. The van der Waals surface area contributed by atoms with Crippen LogP contribution in [-0.4, -0.2) is 11.6 Å². The third-order valence-electron chi connectivity index (χ3n) is 3.82. The van der Waals surface area contributed by atoms with Gasteiger partial charge in [-0.05, 0) is 32.8 Å². The van der Waals surface area contributed by atoms with Crippen molar-refractivity contribution in [1.82, 2.24) is 5.32 Å². The van der Waals surface area contributed by atoms with Crippen LogP contribution in [0.3, 0.4) is 0 Å². The van der Waals surface area contributed by atoms with E-state index in [9.17, 15) is 0 Å². The van der Waals surface area contributed by atoms with Crippen molar-refractivity contribution in [2.45, 2.75) is 50.8 Å². The zero-order valence-electron chi connectivity index (χ0n) is 11.1. The summed E-state index contributed by atoms with van der Waals surface area (Å²) in [4.78, 5) is 0. The third kappa shape index (κ3) is 2.30. The molecule has 0 bridgehead atoms. The smallest absolute Gasteiger partial charge is 0.124 e. The standard InChI is InChI=1S/C16H21NO/c1-16(2)11-14(17-12-7-3-4-8-12)13-9-5-6-10-15(13)18-16/h3-6,9-10,12,14,17H,7-8,11H2,1-2H3. The fraction of sp³-hybridized carbons (Fsp3) is 0.500. The Balaban J connectivity index is 1.84. The normalized spacial score (nSPS) is 25.8. The minimum absolute atomic E-state index is 0.0853. The van der Waals surface area contributed by atoms with Gasteiger partial charge in [-0.3, -0.25) is 0 Å². The van der Waals surface area contributed by atoms with Crippen molar-refractivity contribution in [3.8, 4) is 5.75 Å². The molecule has 2 aliphatic rings. The summed E-state index contributed by atoms with van der Waals surface area (Å²) in [5.74, 6) is 1.04. The maximum absolute atomic E-state index is 6.06. The van der Waals surface area contributed by atoms with Crippen LogP contribution < -0.4 is 10.1 Å². The van der Waals surface area contributed by atoms with Crippen LogP contribution in [0.2, 0.25) is 0 Å². The fourth-order valence-corrected chi connectivity index (χ4v) is 2.99. The summed E-state index contributed by atoms with van der Waals surface area (Å²) >= 11 is 0. The van der Waals surface area contributed by atoms with Gasteiger partial charge in [-0.25, -0.2) is 0 Å². The number of hydrogen-bond donors (Lipinski definition) is 1. The number of benzene rings is 1. The molecule has 2 heteroatoms. The van der Waals surface area contributed by atoms with E-state index in [4.69, 9.17) is 4.74 Å². The number of rotatable bonds is 2. The molecular formula is C16H21NO. The molecule has 0 saturated carbocycles. The maximum atomic E-state index is 6.06. The SMILES string of the molecule is CC1(C)CC(NC2CC=CC2)c2ccccc2O1. The molecule has 1 unspecified atom stereocenters. The van der Waals surface area contributed by atoms with Crippen molar-refractivity contribution in [3.05, 3.63) is 42.0 Å². The summed E-state index contributed by atoms with van der Waals surface area (Å²) in [6, 6.07) is 9.42. The molecule has 0 spiro atoms. The number of fused-ring (bicyclic) bond motifs is 1. The van der Waals surface area contributed by atoms with Crippen molar-refractivity contribution >= 4 is 0 Å². The van der Waals surface area contributed by atoms with E-state index >= 15 is 0 Å². The van der Waals surface area contributed by atoms with E-state index in [1.807, 2.05) is 0 Å². The Morgan fingerprint density at radius 2 is 1.89 bits per heavy atom. The van der Waals surface area contributed by atoms with Crippen LogP contribution in [-0.2, 0) is 0 Å². The Morgan fingerprint density at radius 1 is 1.17 bits per heavy atom. The van der Waals surface area contributed by atoms with Crippen LogP contribution in [0.1, 0.15) is 44.7 Å². The van der Waals surface area contributed by atoms with Crippen molar-refractivity contribution in [2.75, 3.05) is 0 Å². The van der Waals surface area contributed by atoms with Crippen LogP contribution in [0.4, 0.5) is 0 Å². The van der Waals surface area contributed by atoms with Crippen LogP contribution in [0.15, 0.2) is 36.4 Å². The Labute approximate surface area is 109 Å². The van der Waals surface area contributed by atoms with Gasteiger partial charge in [0.1, 0.15) is 11.4 Å². The predicted octanol–water partition coefficient (Wildman–Crippen LogP) is 3.60. The summed E-state index contributed by atoms with van der Waals surface area (Å²) in [6.45, 7) is 4.34. The molecule has 3 rings (SSSR count). The summed E-state index contributed by atoms with van der Waals surface area (Å²) in [5, 5.41) is 3.79. The Hall–Kier alpha value is -1.28. The lowest BCUT2D eigenvalue weighted by molar-refractivity contribution is 0.0639. The van der Waals surface area contributed by atoms with E-state index in [2.05, 4.69) is 55.6 Å². The summed E-state index contributed by atoms with van der Waals surface area (Å²) in [7, 11) is 0. The molecule has 1 aromatic carbocycles. The minimum Gasteiger partial charge on any atom is -0.487 e. The largest absolute Gasteiger partial charge is 0.487 e. The zero-order valence-corrected chi connectivity index (χ0v) is 11.1. The molecule has 0 fully saturated rings. The monoisotopic (exact) mass is 243 g/mol. The summed E-state index contributed by atoms with van der Waals surface area (Å²) in [5.41, 5.74) is 1.22. The number of hydrogen-bond acceptors (Lipinski definition) is 2. The van der Waals surface area contributed by atoms with E-state index in [1.165, 1.54) is 5.56 Å². The highest BCUT2D eigenvalue weighted by atomic mass is 16.5. The van der Waals surface area contributed by atoms with E-state index < -0.39 is 0 Å². The molecule has 1 aromatic rings. The summed E-state index contributed by atoms with van der Waals surface area (Å²) < 4.78 is 6.06. The van der Waals surface area contributed by atoms with E-state index in [-0.39, 0.29) is 5.60 Å². The van der Waals surface area contributed by atoms with Crippen molar-refractivity contribution in [3.63, 3.8) is 0 Å². The molecule has 1 atom stereocenters. The Bertz CT molecular complexity index is 456. The minimum atomic E-state index is -0.0853. The van der Waals surface area contributed by atoms with Gasteiger partial charge in [0.05, 0.1) is 0 Å². The second-order valence-electron chi connectivity index (χ2n) is 5.96. The van der Waals surface area contributed by atoms with Crippen LogP contribution in [0, 0.1) is 0 Å². The van der Waals surface area contributed by atoms with Crippen LogP contribution in [0.5, 0.6) is 5.75 Å². The first kappa shape index (κ1) is 11.8. The van der Waals surface area contributed by atoms with Crippen LogP contribution in [0.25, 0.3) is 0 Å². The molecular weight excluding hydrogens is 222 g/mol. The molecule has 1 heterocycles. The second-order valence-corrected chi connectivity index (χ2v) is 5.96. The van der Waals surface area contributed by atoms with Crippen molar-refractivity contribution < 1.29 is 4.74 Å². The van der Waals surface area contributed by atoms with Gasteiger partial charge in [-0.15, -0.1) is 0 Å². The Kier molecular flexibility index (Phi) is 2.90. The van der Waals surface area contributed by atoms with Crippen molar-refractivity contribution in [2.24, 2.45) is 0 Å². The molecule has 18 heavy (non-hydrogen) atoms. The van der Waals surface area contributed by atoms with Gasteiger partial charge >= 0.3 is 0 Å². The van der Waals surface area contributed by atoms with Gasteiger partial charge in [0.2, 0.25) is 0 Å². The first-order chi connectivity index (χ1) is 8.64. The highest BCUT2D eigenvalue weighted by molar-refractivity contribution is 5.38. The van der Waals surface area contributed by atoms with Crippen LogP contribution >= 0.6 is 0 Å². The highest BCUT2D eigenvalue weighted by Gasteiger charge is 2.34. The summed E-state index contributed by atoms with van der Waals surface area (Å²) in [6.07, 6.45) is 7.88. The van der Waals surface area contributed by atoms with Gasteiger partial charge in [-0.1, -0.05) is 30.4 Å². The average molecular weight is 243 g/mol. The molecule has 1 aliphatic carbocycles.